The van der Waals surface area contributed by atoms with Crippen LogP contribution >= 0.6 is 0 Å². The highest BCUT2D eigenvalue weighted by molar-refractivity contribution is 5.98. The molecule has 2 N–H and O–H groups in total. The molecule has 1 heterocycles. The molecule has 0 bridgehead atoms. The third kappa shape index (κ3) is 1.88. The fourth-order valence-corrected chi connectivity index (χ4v) is 1.71. The predicted octanol–water partition coefficient (Wildman–Crippen LogP) is 1.40. The van der Waals surface area contributed by atoms with Gasteiger partial charge < -0.3 is 10.5 Å². The van der Waals surface area contributed by atoms with Crippen LogP contribution < -0.4 is 10.5 Å². The first kappa shape index (κ1) is 10.2. The SMILES string of the molecule is CC(CN)C(=O)c1ccc2c(c1)OCC2. The van der Waals surface area contributed by atoms with Gasteiger partial charge in [0.05, 0.1) is 6.61 Å². The van der Waals surface area contributed by atoms with Gasteiger partial charge in [0.25, 0.3) is 0 Å². The predicted molar refractivity (Wildman–Crippen MR) is 58.2 cm³/mol. The summed E-state index contributed by atoms with van der Waals surface area (Å²) in [7, 11) is 0. The number of benzene rings is 1. The zero-order chi connectivity index (χ0) is 10.8. The summed E-state index contributed by atoms with van der Waals surface area (Å²) in [5.41, 5.74) is 7.36. The largest absolute Gasteiger partial charge is 0.493 e. The molecule has 3 heteroatoms. The molecule has 0 saturated heterocycles. The first-order valence-electron chi connectivity index (χ1n) is 5.22. The maximum atomic E-state index is 11.8. The molecule has 1 aromatic carbocycles. The van der Waals surface area contributed by atoms with Crippen LogP contribution in [0.15, 0.2) is 18.2 Å². The fraction of sp³-hybridized carbons (Fsp3) is 0.417. The van der Waals surface area contributed by atoms with Crippen molar-refractivity contribution >= 4 is 5.78 Å². The second-order valence-electron chi connectivity index (χ2n) is 3.92. The van der Waals surface area contributed by atoms with Crippen molar-refractivity contribution in [1.29, 1.82) is 0 Å². The highest BCUT2D eigenvalue weighted by atomic mass is 16.5. The number of carbonyl (C=O) groups excluding carboxylic acids is 1. The standard InChI is InChI=1S/C12H15NO2/c1-8(7-13)12(14)10-3-2-9-4-5-15-11(9)6-10/h2-3,6,8H,4-5,7,13H2,1H3. The lowest BCUT2D eigenvalue weighted by Gasteiger charge is -2.08. The van der Waals surface area contributed by atoms with Crippen LogP contribution in [-0.4, -0.2) is 18.9 Å². The van der Waals surface area contributed by atoms with Crippen LogP contribution in [0.25, 0.3) is 0 Å². The van der Waals surface area contributed by atoms with Gasteiger partial charge in [0.15, 0.2) is 5.78 Å². The van der Waals surface area contributed by atoms with Crippen LogP contribution in [0.3, 0.4) is 0 Å². The number of ketones is 1. The average Bonchev–Trinajstić information content (AvgIpc) is 2.73. The van der Waals surface area contributed by atoms with Gasteiger partial charge in [0.1, 0.15) is 5.75 Å². The molecule has 0 saturated carbocycles. The molecule has 15 heavy (non-hydrogen) atoms. The Kier molecular flexibility index (Phi) is 2.73. The Hall–Kier alpha value is -1.35. The van der Waals surface area contributed by atoms with Gasteiger partial charge >= 0.3 is 0 Å². The lowest BCUT2D eigenvalue weighted by Crippen LogP contribution is -2.20. The van der Waals surface area contributed by atoms with E-state index >= 15 is 0 Å². The molecule has 1 aliphatic heterocycles. The van der Waals surface area contributed by atoms with Gasteiger partial charge in [-0.05, 0) is 11.6 Å². The third-order valence-corrected chi connectivity index (χ3v) is 2.78. The summed E-state index contributed by atoms with van der Waals surface area (Å²) in [5, 5.41) is 0. The molecule has 0 spiro atoms. The monoisotopic (exact) mass is 205 g/mol. The van der Waals surface area contributed by atoms with Crippen molar-refractivity contribution in [3.8, 4) is 5.75 Å². The van der Waals surface area contributed by atoms with Gasteiger partial charge in [-0.2, -0.15) is 0 Å². The van der Waals surface area contributed by atoms with E-state index in [1.165, 1.54) is 5.56 Å². The molecular formula is C12H15NO2. The molecule has 0 amide bonds. The maximum absolute atomic E-state index is 11.8. The van der Waals surface area contributed by atoms with Crippen molar-refractivity contribution in [1.82, 2.24) is 0 Å². The number of hydrogen-bond acceptors (Lipinski definition) is 3. The number of carbonyl (C=O) groups is 1. The zero-order valence-electron chi connectivity index (χ0n) is 8.82. The van der Waals surface area contributed by atoms with Crippen molar-refractivity contribution in [2.45, 2.75) is 13.3 Å². The number of Topliss-reactive ketones (excluding diaryl/α,β-unsaturated/α-hetero) is 1. The number of fused-ring (bicyclic) bond motifs is 1. The van der Waals surface area contributed by atoms with Crippen LogP contribution in [0.4, 0.5) is 0 Å². The minimum atomic E-state index is -0.121. The quantitative estimate of drug-likeness (QED) is 0.759. The first-order valence-corrected chi connectivity index (χ1v) is 5.22. The Labute approximate surface area is 89.2 Å². The topological polar surface area (TPSA) is 52.3 Å². The molecule has 3 nitrogen and oxygen atoms in total. The summed E-state index contributed by atoms with van der Waals surface area (Å²) in [6, 6.07) is 5.66. The van der Waals surface area contributed by atoms with Crippen LogP contribution in [0.5, 0.6) is 5.75 Å². The number of nitrogens with two attached hydrogens (primary N) is 1. The Morgan fingerprint density at radius 3 is 3.13 bits per heavy atom. The molecular weight excluding hydrogens is 190 g/mol. The van der Waals surface area contributed by atoms with E-state index in [-0.39, 0.29) is 11.7 Å². The highest BCUT2D eigenvalue weighted by Crippen LogP contribution is 2.26. The number of ether oxygens (including phenoxy) is 1. The summed E-state index contributed by atoms with van der Waals surface area (Å²) < 4.78 is 5.42. The normalized spacial score (nSPS) is 15.6. The van der Waals surface area contributed by atoms with Gasteiger partial charge in [0.2, 0.25) is 0 Å². The highest BCUT2D eigenvalue weighted by Gasteiger charge is 2.17. The third-order valence-electron chi connectivity index (χ3n) is 2.78. The average molecular weight is 205 g/mol. The second-order valence-corrected chi connectivity index (χ2v) is 3.92. The van der Waals surface area contributed by atoms with E-state index in [1.54, 1.807) is 0 Å². The maximum Gasteiger partial charge on any atom is 0.167 e. The van der Waals surface area contributed by atoms with E-state index in [1.807, 2.05) is 25.1 Å². The molecule has 2 rings (SSSR count). The van der Waals surface area contributed by atoms with Crippen LogP contribution in [0.1, 0.15) is 22.8 Å². The number of rotatable bonds is 3. The van der Waals surface area contributed by atoms with Crippen molar-refractivity contribution in [3.63, 3.8) is 0 Å². The van der Waals surface area contributed by atoms with E-state index in [9.17, 15) is 4.79 Å². The van der Waals surface area contributed by atoms with Gasteiger partial charge in [-0.3, -0.25) is 4.79 Å². The van der Waals surface area contributed by atoms with Crippen molar-refractivity contribution in [2.24, 2.45) is 11.7 Å². The molecule has 1 aromatic rings. The summed E-state index contributed by atoms with van der Waals surface area (Å²) in [5.74, 6) is 0.824. The van der Waals surface area contributed by atoms with Crippen LogP contribution in [0.2, 0.25) is 0 Å². The minimum Gasteiger partial charge on any atom is -0.493 e. The van der Waals surface area contributed by atoms with Gasteiger partial charge in [0, 0.05) is 24.4 Å². The van der Waals surface area contributed by atoms with E-state index in [4.69, 9.17) is 10.5 Å². The summed E-state index contributed by atoms with van der Waals surface area (Å²) in [4.78, 5) is 11.8. The van der Waals surface area contributed by atoms with Crippen LogP contribution in [-0.2, 0) is 6.42 Å². The van der Waals surface area contributed by atoms with Crippen molar-refractivity contribution in [3.05, 3.63) is 29.3 Å². The molecule has 1 atom stereocenters. The number of hydrogen-bond donors (Lipinski definition) is 1. The van der Waals surface area contributed by atoms with Crippen LogP contribution in [0, 0.1) is 5.92 Å². The van der Waals surface area contributed by atoms with Crippen molar-refractivity contribution < 1.29 is 9.53 Å². The molecule has 80 valence electrons. The second kappa shape index (κ2) is 4.03. The Morgan fingerprint density at radius 2 is 2.40 bits per heavy atom. The molecule has 1 unspecified atom stereocenters. The van der Waals surface area contributed by atoms with Crippen molar-refractivity contribution in [2.75, 3.05) is 13.2 Å². The first-order chi connectivity index (χ1) is 7.22. The molecule has 0 aromatic heterocycles. The van der Waals surface area contributed by atoms with Gasteiger partial charge in [-0.15, -0.1) is 0 Å². The van der Waals surface area contributed by atoms with E-state index < -0.39 is 0 Å². The Balaban J connectivity index is 2.26. The van der Waals surface area contributed by atoms with E-state index in [0.717, 1.165) is 18.8 Å². The zero-order valence-corrected chi connectivity index (χ0v) is 8.82. The van der Waals surface area contributed by atoms with Gasteiger partial charge in [-0.25, -0.2) is 0 Å². The molecule has 0 aliphatic carbocycles. The Bertz CT molecular complexity index is 387. The summed E-state index contributed by atoms with van der Waals surface area (Å²) in [6.45, 7) is 2.95. The molecule has 0 fully saturated rings. The lowest BCUT2D eigenvalue weighted by molar-refractivity contribution is 0.0934. The molecule has 0 radical (unpaired) electrons. The summed E-state index contributed by atoms with van der Waals surface area (Å²) >= 11 is 0. The Morgan fingerprint density at radius 1 is 1.60 bits per heavy atom. The van der Waals surface area contributed by atoms with E-state index in [0.29, 0.717) is 12.1 Å². The van der Waals surface area contributed by atoms with Gasteiger partial charge in [-0.1, -0.05) is 19.1 Å². The fourth-order valence-electron chi connectivity index (χ4n) is 1.71. The smallest absolute Gasteiger partial charge is 0.167 e. The van der Waals surface area contributed by atoms with E-state index in [2.05, 4.69) is 0 Å². The molecule has 1 aliphatic rings. The lowest BCUT2D eigenvalue weighted by atomic mass is 9.98. The summed E-state index contributed by atoms with van der Waals surface area (Å²) in [6.07, 6.45) is 0.941. The minimum absolute atomic E-state index is 0.0933.